The number of hydrogen-bond donors (Lipinski definition) is 2. The maximum Gasteiger partial charge on any atom is 0.238 e. The Labute approximate surface area is 120 Å². The van der Waals surface area contributed by atoms with Gasteiger partial charge in [0.15, 0.2) is 0 Å². The van der Waals surface area contributed by atoms with Gasteiger partial charge in [-0.25, -0.2) is 0 Å². The van der Waals surface area contributed by atoms with Crippen molar-refractivity contribution in [3.05, 3.63) is 30.3 Å². The molecule has 1 aromatic carbocycles. The number of nitrogens with one attached hydrogen (secondary N) is 2. The molecule has 1 aromatic rings. The minimum Gasteiger partial charge on any atom is -0.368 e. The second-order valence-electron chi connectivity index (χ2n) is 6.52. The van der Waals surface area contributed by atoms with E-state index < -0.39 is 0 Å². The lowest BCUT2D eigenvalue weighted by Gasteiger charge is -2.27. The van der Waals surface area contributed by atoms with Crippen LogP contribution < -0.4 is 10.6 Å². The standard InChI is InChI=1S/C16H24N2O2/c1-15(2)10-13(16(3,4)20-15)17-11-14(19)18-12-8-6-5-7-9-12/h5-9,13,17H,10-11H2,1-4H3,(H,18,19)/t13-/m0/s1. The zero-order valence-electron chi connectivity index (χ0n) is 12.7. The predicted octanol–water partition coefficient (Wildman–Crippen LogP) is 2.56. The summed E-state index contributed by atoms with van der Waals surface area (Å²) in [7, 11) is 0. The number of benzene rings is 1. The Morgan fingerprint density at radius 2 is 1.90 bits per heavy atom. The van der Waals surface area contributed by atoms with Gasteiger partial charge in [0.2, 0.25) is 5.91 Å². The van der Waals surface area contributed by atoms with Gasteiger partial charge >= 0.3 is 0 Å². The molecule has 0 spiro atoms. The largest absolute Gasteiger partial charge is 0.368 e. The lowest BCUT2D eigenvalue weighted by atomic mass is 9.94. The Kier molecular flexibility index (Phi) is 4.16. The first-order chi connectivity index (χ1) is 9.28. The van der Waals surface area contributed by atoms with Crippen molar-refractivity contribution in [2.75, 3.05) is 11.9 Å². The molecule has 1 amide bonds. The SMILES string of the molecule is CC1(C)C[C@H](NCC(=O)Nc2ccccc2)C(C)(C)O1. The fourth-order valence-electron chi connectivity index (χ4n) is 2.82. The van der Waals surface area contributed by atoms with Gasteiger partial charge in [0.1, 0.15) is 0 Å². The molecule has 1 saturated heterocycles. The summed E-state index contributed by atoms with van der Waals surface area (Å²) in [6.45, 7) is 8.59. The number of anilines is 1. The predicted molar refractivity (Wildman–Crippen MR) is 80.7 cm³/mol. The van der Waals surface area contributed by atoms with E-state index in [1.54, 1.807) is 0 Å². The van der Waals surface area contributed by atoms with Gasteiger partial charge in [-0.15, -0.1) is 0 Å². The Morgan fingerprint density at radius 3 is 2.45 bits per heavy atom. The first kappa shape index (κ1) is 15.0. The van der Waals surface area contributed by atoms with Crippen LogP contribution in [0.15, 0.2) is 30.3 Å². The summed E-state index contributed by atoms with van der Waals surface area (Å²) in [5.74, 6) is -0.0308. The number of rotatable bonds is 4. The van der Waals surface area contributed by atoms with Crippen LogP contribution in [0.5, 0.6) is 0 Å². The number of carbonyl (C=O) groups excluding carboxylic acids is 1. The van der Waals surface area contributed by atoms with Crippen LogP contribution >= 0.6 is 0 Å². The van der Waals surface area contributed by atoms with Crippen LogP contribution in [0.3, 0.4) is 0 Å². The van der Waals surface area contributed by atoms with Gasteiger partial charge in [0.05, 0.1) is 17.7 Å². The van der Waals surface area contributed by atoms with Gasteiger partial charge in [-0.2, -0.15) is 0 Å². The van der Waals surface area contributed by atoms with E-state index in [-0.39, 0.29) is 23.2 Å². The monoisotopic (exact) mass is 276 g/mol. The molecular weight excluding hydrogens is 252 g/mol. The van der Waals surface area contributed by atoms with E-state index in [2.05, 4.69) is 38.3 Å². The number of hydrogen-bond acceptors (Lipinski definition) is 3. The Morgan fingerprint density at radius 1 is 1.25 bits per heavy atom. The molecule has 1 aliphatic heterocycles. The van der Waals surface area contributed by atoms with E-state index >= 15 is 0 Å². The maximum absolute atomic E-state index is 11.9. The zero-order valence-corrected chi connectivity index (χ0v) is 12.7. The van der Waals surface area contributed by atoms with Crippen LogP contribution in [0.2, 0.25) is 0 Å². The maximum atomic E-state index is 11.9. The van der Waals surface area contributed by atoms with Crippen LogP contribution in [0.25, 0.3) is 0 Å². The average Bonchev–Trinajstić information content (AvgIpc) is 2.55. The van der Waals surface area contributed by atoms with Gasteiger partial charge in [0.25, 0.3) is 0 Å². The molecule has 0 radical (unpaired) electrons. The fourth-order valence-corrected chi connectivity index (χ4v) is 2.82. The summed E-state index contributed by atoms with van der Waals surface area (Å²) >= 11 is 0. The van der Waals surface area contributed by atoms with Crippen molar-refractivity contribution in [2.45, 2.75) is 51.4 Å². The van der Waals surface area contributed by atoms with Crippen molar-refractivity contribution in [1.29, 1.82) is 0 Å². The molecule has 2 N–H and O–H groups in total. The highest BCUT2D eigenvalue weighted by atomic mass is 16.5. The molecule has 1 atom stereocenters. The normalized spacial score (nSPS) is 23.5. The third-order valence-electron chi connectivity index (χ3n) is 3.64. The molecule has 1 fully saturated rings. The lowest BCUT2D eigenvalue weighted by molar-refractivity contribution is -0.115. The van der Waals surface area contributed by atoms with E-state index in [9.17, 15) is 4.79 Å². The summed E-state index contributed by atoms with van der Waals surface area (Å²) in [6, 6.07) is 9.67. The molecule has 110 valence electrons. The molecule has 4 nitrogen and oxygen atoms in total. The van der Waals surface area contributed by atoms with Gasteiger partial charge in [-0.3, -0.25) is 4.79 Å². The van der Waals surface area contributed by atoms with E-state index in [4.69, 9.17) is 4.74 Å². The number of para-hydroxylation sites is 1. The number of amides is 1. The van der Waals surface area contributed by atoms with Crippen molar-refractivity contribution in [3.63, 3.8) is 0 Å². The molecule has 0 bridgehead atoms. The van der Waals surface area contributed by atoms with Crippen molar-refractivity contribution in [3.8, 4) is 0 Å². The molecule has 2 rings (SSSR count). The van der Waals surface area contributed by atoms with E-state index in [0.29, 0.717) is 6.54 Å². The van der Waals surface area contributed by atoms with Crippen molar-refractivity contribution in [1.82, 2.24) is 5.32 Å². The number of ether oxygens (including phenoxy) is 1. The van der Waals surface area contributed by atoms with Crippen LogP contribution in [0.4, 0.5) is 5.69 Å². The van der Waals surface area contributed by atoms with E-state index in [0.717, 1.165) is 12.1 Å². The van der Waals surface area contributed by atoms with Gasteiger partial charge < -0.3 is 15.4 Å². The smallest absolute Gasteiger partial charge is 0.238 e. The zero-order chi connectivity index (χ0) is 14.8. The second-order valence-corrected chi connectivity index (χ2v) is 6.52. The Balaban J connectivity index is 1.85. The van der Waals surface area contributed by atoms with Crippen molar-refractivity contribution < 1.29 is 9.53 Å². The minimum atomic E-state index is -0.253. The first-order valence-corrected chi connectivity index (χ1v) is 7.07. The topological polar surface area (TPSA) is 50.4 Å². The summed E-state index contributed by atoms with van der Waals surface area (Å²) in [4.78, 5) is 11.9. The Bertz CT molecular complexity index is 469. The van der Waals surface area contributed by atoms with Crippen molar-refractivity contribution in [2.24, 2.45) is 0 Å². The van der Waals surface area contributed by atoms with Gasteiger partial charge in [-0.05, 0) is 46.2 Å². The van der Waals surface area contributed by atoms with Gasteiger partial charge in [0, 0.05) is 11.7 Å². The van der Waals surface area contributed by atoms with E-state index in [1.165, 1.54) is 0 Å². The molecular formula is C16H24N2O2. The summed E-state index contributed by atoms with van der Waals surface area (Å²) in [5, 5.41) is 6.18. The Hall–Kier alpha value is -1.39. The van der Waals surface area contributed by atoms with Crippen LogP contribution in [0.1, 0.15) is 34.1 Å². The highest BCUT2D eigenvalue weighted by Gasteiger charge is 2.45. The highest BCUT2D eigenvalue weighted by Crippen LogP contribution is 2.37. The average molecular weight is 276 g/mol. The fraction of sp³-hybridized carbons (Fsp3) is 0.562. The van der Waals surface area contributed by atoms with E-state index in [1.807, 2.05) is 30.3 Å². The highest BCUT2D eigenvalue weighted by molar-refractivity contribution is 5.92. The first-order valence-electron chi connectivity index (χ1n) is 7.07. The molecule has 1 aliphatic rings. The quantitative estimate of drug-likeness (QED) is 0.888. The molecule has 1 heterocycles. The molecule has 0 aromatic heterocycles. The molecule has 20 heavy (non-hydrogen) atoms. The lowest BCUT2D eigenvalue weighted by Crippen LogP contribution is -2.46. The van der Waals surface area contributed by atoms with Crippen LogP contribution in [-0.4, -0.2) is 29.7 Å². The molecule has 4 heteroatoms. The summed E-state index contributed by atoms with van der Waals surface area (Å²) in [5.41, 5.74) is 0.426. The third-order valence-corrected chi connectivity index (χ3v) is 3.64. The molecule has 0 aliphatic carbocycles. The third kappa shape index (κ3) is 3.81. The molecule has 0 unspecified atom stereocenters. The number of carbonyl (C=O) groups is 1. The van der Waals surface area contributed by atoms with Crippen LogP contribution in [-0.2, 0) is 9.53 Å². The van der Waals surface area contributed by atoms with Gasteiger partial charge in [-0.1, -0.05) is 18.2 Å². The van der Waals surface area contributed by atoms with Crippen LogP contribution in [0, 0.1) is 0 Å². The van der Waals surface area contributed by atoms with Crippen molar-refractivity contribution >= 4 is 11.6 Å². The minimum absolute atomic E-state index is 0.0308. The molecule has 0 saturated carbocycles. The summed E-state index contributed by atoms with van der Waals surface area (Å²) < 4.78 is 6.01. The second kappa shape index (κ2) is 5.54. The summed E-state index contributed by atoms with van der Waals surface area (Å²) in [6.07, 6.45) is 0.901.